The first-order valence-electron chi connectivity index (χ1n) is 7.89. The first-order valence-corrected chi connectivity index (χ1v) is 8.77. The molecule has 0 aromatic carbocycles. The molecule has 2 rings (SSSR count). The SMILES string of the molecule is CC(=O)NCc1nc(C(=O)NCc2nc(C(=O)NCCCN)cs2)co1. The van der Waals surface area contributed by atoms with Crippen LogP contribution in [-0.2, 0) is 17.9 Å². The number of nitrogens with two attached hydrogens (primary N) is 1. The fraction of sp³-hybridized carbons (Fsp3) is 0.400. The fourth-order valence-electron chi connectivity index (χ4n) is 1.83. The lowest BCUT2D eigenvalue weighted by Crippen LogP contribution is -2.26. The van der Waals surface area contributed by atoms with Crippen molar-refractivity contribution in [3.63, 3.8) is 0 Å². The van der Waals surface area contributed by atoms with Gasteiger partial charge in [-0.1, -0.05) is 0 Å². The van der Waals surface area contributed by atoms with Crippen molar-refractivity contribution in [2.45, 2.75) is 26.4 Å². The Bertz CT molecular complexity index is 772. The molecule has 0 saturated heterocycles. The molecule has 11 heteroatoms. The van der Waals surface area contributed by atoms with Crippen LogP contribution >= 0.6 is 11.3 Å². The van der Waals surface area contributed by atoms with E-state index in [0.717, 1.165) is 0 Å². The quantitative estimate of drug-likeness (QED) is 0.439. The predicted molar refractivity (Wildman–Crippen MR) is 93.3 cm³/mol. The van der Waals surface area contributed by atoms with Crippen LogP contribution in [0, 0.1) is 0 Å². The molecule has 0 atom stereocenters. The highest BCUT2D eigenvalue weighted by Gasteiger charge is 2.14. The van der Waals surface area contributed by atoms with E-state index in [-0.39, 0.29) is 36.5 Å². The Morgan fingerprint density at radius 3 is 2.62 bits per heavy atom. The third-order valence-electron chi connectivity index (χ3n) is 3.12. The van der Waals surface area contributed by atoms with E-state index in [1.54, 1.807) is 5.38 Å². The largest absolute Gasteiger partial charge is 0.446 e. The lowest BCUT2D eigenvalue weighted by atomic mass is 10.4. The summed E-state index contributed by atoms with van der Waals surface area (Å²) in [4.78, 5) is 42.9. The van der Waals surface area contributed by atoms with Crippen molar-refractivity contribution in [2.24, 2.45) is 5.73 Å². The molecule has 0 saturated carbocycles. The number of nitrogens with zero attached hydrogens (tertiary/aromatic N) is 2. The van der Waals surface area contributed by atoms with Crippen LogP contribution in [0.25, 0.3) is 0 Å². The van der Waals surface area contributed by atoms with Gasteiger partial charge in [0.05, 0.1) is 13.1 Å². The van der Waals surface area contributed by atoms with Gasteiger partial charge in [-0.05, 0) is 13.0 Å². The first kappa shape index (κ1) is 19.5. The molecule has 10 nitrogen and oxygen atoms in total. The average Bonchev–Trinajstić information content (AvgIpc) is 3.27. The van der Waals surface area contributed by atoms with Crippen molar-refractivity contribution < 1.29 is 18.8 Å². The van der Waals surface area contributed by atoms with E-state index in [0.29, 0.717) is 30.2 Å². The normalized spacial score (nSPS) is 10.4. The van der Waals surface area contributed by atoms with Gasteiger partial charge in [0.2, 0.25) is 11.8 Å². The second kappa shape index (κ2) is 9.63. The molecular weight excluding hydrogens is 360 g/mol. The monoisotopic (exact) mass is 380 g/mol. The van der Waals surface area contributed by atoms with Gasteiger partial charge >= 0.3 is 0 Å². The number of carbonyl (C=O) groups is 3. The van der Waals surface area contributed by atoms with E-state index in [4.69, 9.17) is 10.2 Å². The van der Waals surface area contributed by atoms with Gasteiger partial charge in [0, 0.05) is 18.8 Å². The molecular formula is C15H20N6O4S. The van der Waals surface area contributed by atoms with Crippen molar-refractivity contribution >= 4 is 29.1 Å². The number of hydrogen-bond donors (Lipinski definition) is 4. The van der Waals surface area contributed by atoms with Crippen LogP contribution in [0.1, 0.15) is 45.2 Å². The third-order valence-corrected chi connectivity index (χ3v) is 3.97. The van der Waals surface area contributed by atoms with E-state index in [1.165, 1.54) is 24.5 Å². The topological polar surface area (TPSA) is 152 Å². The van der Waals surface area contributed by atoms with Crippen LogP contribution in [0.5, 0.6) is 0 Å². The smallest absolute Gasteiger partial charge is 0.273 e. The van der Waals surface area contributed by atoms with Crippen molar-refractivity contribution in [1.29, 1.82) is 0 Å². The summed E-state index contributed by atoms with van der Waals surface area (Å²) in [5.74, 6) is -0.699. The lowest BCUT2D eigenvalue weighted by Gasteiger charge is -2.01. The first-order chi connectivity index (χ1) is 12.5. The highest BCUT2D eigenvalue weighted by molar-refractivity contribution is 7.09. The summed E-state index contributed by atoms with van der Waals surface area (Å²) in [6.07, 6.45) is 1.91. The van der Waals surface area contributed by atoms with Crippen molar-refractivity contribution in [3.05, 3.63) is 33.9 Å². The van der Waals surface area contributed by atoms with E-state index in [9.17, 15) is 14.4 Å². The van der Waals surface area contributed by atoms with E-state index in [1.807, 2.05) is 0 Å². The second-order valence-corrected chi connectivity index (χ2v) is 6.19. The fourth-order valence-corrected chi connectivity index (χ4v) is 2.55. The van der Waals surface area contributed by atoms with Crippen molar-refractivity contribution in [1.82, 2.24) is 25.9 Å². The van der Waals surface area contributed by atoms with Crippen LogP contribution in [0.2, 0.25) is 0 Å². The average molecular weight is 380 g/mol. The molecule has 0 bridgehead atoms. The van der Waals surface area contributed by atoms with E-state index >= 15 is 0 Å². The summed E-state index contributed by atoms with van der Waals surface area (Å²) in [6, 6.07) is 0. The minimum absolute atomic E-state index is 0.0988. The molecule has 0 aliphatic rings. The molecule has 0 radical (unpaired) electrons. The van der Waals surface area contributed by atoms with Crippen LogP contribution in [0.15, 0.2) is 16.1 Å². The third kappa shape index (κ3) is 5.93. The molecule has 0 fully saturated rings. The number of oxazole rings is 1. The van der Waals surface area contributed by atoms with E-state index < -0.39 is 5.91 Å². The van der Waals surface area contributed by atoms with Crippen molar-refractivity contribution in [2.75, 3.05) is 13.1 Å². The lowest BCUT2D eigenvalue weighted by molar-refractivity contribution is -0.119. The predicted octanol–water partition coefficient (Wildman–Crippen LogP) is -0.224. The molecule has 140 valence electrons. The van der Waals surface area contributed by atoms with Crippen LogP contribution in [0.4, 0.5) is 0 Å². The number of amides is 3. The number of hydrogen-bond acceptors (Lipinski definition) is 8. The maximum atomic E-state index is 12.0. The molecule has 0 aliphatic heterocycles. The van der Waals surface area contributed by atoms with Crippen LogP contribution in [-0.4, -0.2) is 40.8 Å². The molecule has 26 heavy (non-hydrogen) atoms. The van der Waals surface area contributed by atoms with Crippen LogP contribution in [0.3, 0.4) is 0 Å². The summed E-state index contributed by atoms with van der Waals surface area (Å²) in [5, 5.41) is 10.1. The van der Waals surface area contributed by atoms with Gasteiger partial charge in [0.25, 0.3) is 11.8 Å². The number of carbonyl (C=O) groups excluding carboxylic acids is 3. The van der Waals surface area contributed by atoms with E-state index in [2.05, 4.69) is 25.9 Å². The Kier molecular flexibility index (Phi) is 7.24. The Morgan fingerprint density at radius 2 is 1.88 bits per heavy atom. The molecule has 2 aromatic heterocycles. The Labute approximate surface area is 153 Å². The molecule has 2 heterocycles. The zero-order valence-corrected chi connectivity index (χ0v) is 15.0. The molecule has 0 unspecified atom stereocenters. The Hall–Kier alpha value is -2.79. The number of rotatable bonds is 9. The minimum atomic E-state index is -0.438. The maximum Gasteiger partial charge on any atom is 0.273 e. The van der Waals surface area contributed by atoms with Gasteiger partial charge in [-0.2, -0.15) is 0 Å². The Balaban J connectivity index is 1.82. The van der Waals surface area contributed by atoms with Gasteiger partial charge < -0.3 is 26.1 Å². The van der Waals surface area contributed by atoms with Gasteiger partial charge in [-0.15, -0.1) is 11.3 Å². The summed E-state index contributed by atoms with van der Waals surface area (Å²) in [6.45, 7) is 2.64. The zero-order chi connectivity index (χ0) is 18.9. The molecule has 0 spiro atoms. The highest BCUT2D eigenvalue weighted by Crippen LogP contribution is 2.10. The van der Waals surface area contributed by atoms with Gasteiger partial charge in [-0.3, -0.25) is 14.4 Å². The summed E-state index contributed by atoms with van der Waals surface area (Å²) in [5.41, 5.74) is 5.77. The summed E-state index contributed by atoms with van der Waals surface area (Å²) < 4.78 is 5.11. The molecule has 2 aromatic rings. The van der Waals surface area contributed by atoms with Gasteiger partial charge in [0.1, 0.15) is 17.0 Å². The molecule has 0 aliphatic carbocycles. The molecule has 3 amide bonds. The zero-order valence-electron chi connectivity index (χ0n) is 14.2. The minimum Gasteiger partial charge on any atom is -0.446 e. The van der Waals surface area contributed by atoms with Gasteiger partial charge in [0.15, 0.2) is 5.69 Å². The summed E-state index contributed by atoms with van der Waals surface area (Å²) in [7, 11) is 0. The number of nitrogens with one attached hydrogen (secondary N) is 3. The number of thiazole rings is 1. The number of aromatic nitrogens is 2. The Morgan fingerprint density at radius 1 is 1.12 bits per heavy atom. The summed E-state index contributed by atoms with van der Waals surface area (Å²) >= 11 is 1.27. The standard InChI is InChI=1S/C15H20N6O4S/c1-9(22)18-5-12-20-10(7-25-12)14(23)19-6-13-21-11(8-26-13)15(24)17-4-2-3-16/h7-8H,2-6,16H2,1H3,(H,17,24)(H,18,22)(H,19,23). The maximum absolute atomic E-state index is 12.0. The van der Waals surface area contributed by atoms with Gasteiger partial charge in [-0.25, -0.2) is 9.97 Å². The molecule has 5 N–H and O–H groups in total. The highest BCUT2D eigenvalue weighted by atomic mass is 32.1. The second-order valence-electron chi connectivity index (χ2n) is 5.24. The van der Waals surface area contributed by atoms with Crippen molar-refractivity contribution in [3.8, 4) is 0 Å². The van der Waals surface area contributed by atoms with Crippen LogP contribution < -0.4 is 21.7 Å².